The minimum atomic E-state index is -0.378. The third-order valence-electron chi connectivity index (χ3n) is 4.83. The van der Waals surface area contributed by atoms with E-state index >= 15 is 0 Å². The summed E-state index contributed by atoms with van der Waals surface area (Å²) in [5.74, 6) is 0.226. The summed E-state index contributed by atoms with van der Waals surface area (Å²) < 4.78 is 15.0. The molecule has 0 spiro atoms. The first kappa shape index (κ1) is 22.7. The van der Waals surface area contributed by atoms with Gasteiger partial charge in [-0.2, -0.15) is 0 Å². The monoisotopic (exact) mass is 440 g/mol. The van der Waals surface area contributed by atoms with Crippen LogP contribution in [0.3, 0.4) is 0 Å². The normalized spacial score (nSPS) is 12.0. The standard InChI is InChI=1S/C23H25FN4O2S/c1-4-28-21(20(15(2)3)25-22(30)17-8-6-5-7-9-17)26-27-23(28)31-14-19(29)16-10-12-18(24)13-11-16/h5-13,15,20H,4,14H2,1-3H3,(H,25,30)/t20-/m0/s1. The van der Waals surface area contributed by atoms with E-state index < -0.39 is 0 Å². The fourth-order valence-electron chi connectivity index (χ4n) is 3.13. The maximum absolute atomic E-state index is 13.1. The van der Waals surface area contributed by atoms with Crippen molar-refractivity contribution < 1.29 is 14.0 Å². The largest absolute Gasteiger partial charge is 0.342 e. The first-order valence-corrected chi connectivity index (χ1v) is 11.1. The molecule has 2 aromatic carbocycles. The fraction of sp³-hybridized carbons (Fsp3) is 0.304. The van der Waals surface area contributed by atoms with Crippen molar-refractivity contribution in [3.8, 4) is 0 Å². The summed E-state index contributed by atoms with van der Waals surface area (Å²) in [5.41, 5.74) is 1.03. The van der Waals surface area contributed by atoms with Gasteiger partial charge in [0.05, 0.1) is 11.8 Å². The van der Waals surface area contributed by atoms with Crippen LogP contribution in [-0.2, 0) is 6.54 Å². The van der Waals surface area contributed by atoms with Crippen molar-refractivity contribution in [2.24, 2.45) is 5.92 Å². The first-order valence-electron chi connectivity index (χ1n) is 10.1. The molecule has 0 aliphatic heterocycles. The molecule has 3 aromatic rings. The number of halogens is 1. The molecule has 31 heavy (non-hydrogen) atoms. The Balaban J connectivity index is 1.75. The Hall–Kier alpha value is -3.00. The molecule has 8 heteroatoms. The predicted octanol–water partition coefficient (Wildman–Crippen LogP) is 4.54. The molecule has 1 heterocycles. The molecular weight excluding hydrogens is 415 g/mol. The molecular formula is C23H25FN4O2S. The lowest BCUT2D eigenvalue weighted by Gasteiger charge is -2.22. The zero-order valence-electron chi connectivity index (χ0n) is 17.7. The molecule has 0 aliphatic rings. The van der Waals surface area contributed by atoms with Gasteiger partial charge in [0.15, 0.2) is 16.8 Å². The number of benzene rings is 2. The van der Waals surface area contributed by atoms with Crippen LogP contribution < -0.4 is 5.32 Å². The van der Waals surface area contributed by atoms with Crippen molar-refractivity contribution in [3.05, 3.63) is 77.4 Å². The molecule has 0 saturated heterocycles. The summed E-state index contributed by atoms with van der Waals surface area (Å²) in [4.78, 5) is 25.1. The highest BCUT2D eigenvalue weighted by Gasteiger charge is 2.26. The molecule has 0 radical (unpaired) electrons. The number of carbonyl (C=O) groups is 2. The number of rotatable bonds is 9. The Morgan fingerprint density at radius 3 is 2.32 bits per heavy atom. The van der Waals surface area contributed by atoms with E-state index in [4.69, 9.17) is 0 Å². The van der Waals surface area contributed by atoms with Crippen molar-refractivity contribution in [2.75, 3.05) is 5.75 Å². The second kappa shape index (κ2) is 10.3. The topological polar surface area (TPSA) is 76.9 Å². The average Bonchev–Trinajstić information content (AvgIpc) is 3.19. The van der Waals surface area contributed by atoms with Gasteiger partial charge < -0.3 is 9.88 Å². The third-order valence-corrected chi connectivity index (χ3v) is 5.79. The number of aromatic nitrogens is 3. The second-order valence-corrected chi connectivity index (χ2v) is 8.31. The summed E-state index contributed by atoms with van der Waals surface area (Å²) in [7, 11) is 0. The number of amides is 1. The Kier molecular flexibility index (Phi) is 7.57. The highest BCUT2D eigenvalue weighted by Crippen LogP contribution is 2.26. The van der Waals surface area contributed by atoms with Gasteiger partial charge in [0, 0.05) is 17.7 Å². The molecule has 1 aromatic heterocycles. The van der Waals surface area contributed by atoms with Gasteiger partial charge in [-0.3, -0.25) is 9.59 Å². The van der Waals surface area contributed by atoms with Gasteiger partial charge in [-0.1, -0.05) is 43.8 Å². The molecule has 3 rings (SSSR count). The van der Waals surface area contributed by atoms with E-state index in [0.717, 1.165) is 0 Å². The zero-order valence-corrected chi connectivity index (χ0v) is 18.5. The lowest BCUT2D eigenvalue weighted by atomic mass is 10.0. The zero-order chi connectivity index (χ0) is 22.4. The highest BCUT2D eigenvalue weighted by atomic mass is 32.2. The summed E-state index contributed by atoms with van der Waals surface area (Å²) >= 11 is 1.28. The Bertz CT molecular complexity index is 1040. The van der Waals surface area contributed by atoms with E-state index in [2.05, 4.69) is 15.5 Å². The smallest absolute Gasteiger partial charge is 0.251 e. The van der Waals surface area contributed by atoms with E-state index in [9.17, 15) is 14.0 Å². The number of carbonyl (C=O) groups excluding carboxylic acids is 2. The summed E-state index contributed by atoms with van der Waals surface area (Å²) in [6, 6.07) is 14.2. The average molecular weight is 441 g/mol. The second-order valence-electron chi connectivity index (χ2n) is 7.36. The lowest BCUT2D eigenvalue weighted by molar-refractivity contribution is 0.0921. The van der Waals surface area contributed by atoms with Crippen LogP contribution in [0.25, 0.3) is 0 Å². The van der Waals surface area contributed by atoms with Crippen LogP contribution in [0, 0.1) is 11.7 Å². The number of thioether (sulfide) groups is 1. The van der Waals surface area contributed by atoms with Crippen molar-refractivity contribution >= 4 is 23.5 Å². The van der Waals surface area contributed by atoms with Crippen LogP contribution >= 0.6 is 11.8 Å². The quantitative estimate of drug-likeness (QED) is 0.390. The number of Topliss-reactive ketones (excluding diaryl/α,β-unsaturated/α-hetero) is 1. The molecule has 0 unspecified atom stereocenters. The molecule has 1 N–H and O–H groups in total. The van der Waals surface area contributed by atoms with Crippen LogP contribution in [0.4, 0.5) is 4.39 Å². The van der Waals surface area contributed by atoms with Crippen molar-refractivity contribution in [2.45, 2.75) is 38.5 Å². The Morgan fingerprint density at radius 2 is 1.71 bits per heavy atom. The summed E-state index contributed by atoms with van der Waals surface area (Å²) in [6.07, 6.45) is 0. The number of nitrogens with zero attached hydrogens (tertiary/aromatic N) is 3. The first-order chi connectivity index (χ1) is 14.9. The van der Waals surface area contributed by atoms with E-state index in [1.165, 1.54) is 36.0 Å². The number of ketones is 1. The SMILES string of the molecule is CCn1c(SCC(=O)c2ccc(F)cc2)nnc1[C@@H](NC(=O)c1ccccc1)C(C)C. The molecule has 0 saturated carbocycles. The van der Waals surface area contributed by atoms with Gasteiger partial charge in [0.2, 0.25) is 0 Å². The van der Waals surface area contributed by atoms with E-state index in [1.54, 1.807) is 12.1 Å². The van der Waals surface area contributed by atoms with Gasteiger partial charge in [-0.05, 0) is 49.2 Å². The number of nitrogens with one attached hydrogen (secondary N) is 1. The third kappa shape index (κ3) is 5.58. The van der Waals surface area contributed by atoms with E-state index in [-0.39, 0.29) is 35.2 Å². The summed E-state index contributed by atoms with van der Waals surface area (Å²) in [5, 5.41) is 12.3. The number of hydrogen-bond donors (Lipinski definition) is 1. The Morgan fingerprint density at radius 1 is 1.03 bits per heavy atom. The van der Waals surface area contributed by atoms with Crippen molar-refractivity contribution in [3.63, 3.8) is 0 Å². The molecule has 0 bridgehead atoms. The molecule has 6 nitrogen and oxygen atoms in total. The van der Waals surface area contributed by atoms with Crippen LogP contribution in [-0.4, -0.2) is 32.2 Å². The fourth-order valence-corrected chi connectivity index (χ4v) is 4.03. The molecule has 0 aliphatic carbocycles. The predicted molar refractivity (Wildman–Crippen MR) is 119 cm³/mol. The van der Waals surface area contributed by atoms with Gasteiger partial charge in [-0.25, -0.2) is 4.39 Å². The van der Waals surface area contributed by atoms with E-state index in [1.807, 2.05) is 43.5 Å². The Labute approximate surface area is 185 Å². The van der Waals surface area contributed by atoms with Crippen molar-refractivity contribution in [1.29, 1.82) is 0 Å². The molecule has 1 atom stereocenters. The highest BCUT2D eigenvalue weighted by molar-refractivity contribution is 7.99. The number of hydrogen-bond acceptors (Lipinski definition) is 5. The van der Waals surface area contributed by atoms with Crippen LogP contribution in [0.2, 0.25) is 0 Å². The van der Waals surface area contributed by atoms with Crippen molar-refractivity contribution in [1.82, 2.24) is 20.1 Å². The molecule has 1 amide bonds. The van der Waals surface area contributed by atoms with Gasteiger partial charge in [0.1, 0.15) is 5.82 Å². The molecule has 162 valence electrons. The van der Waals surface area contributed by atoms with Gasteiger partial charge >= 0.3 is 0 Å². The van der Waals surface area contributed by atoms with E-state index in [0.29, 0.717) is 28.7 Å². The van der Waals surface area contributed by atoms with Crippen LogP contribution in [0.5, 0.6) is 0 Å². The summed E-state index contributed by atoms with van der Waals surface area (Å²) in [6.45, 7) is 6.58. The lowest BCUT2D eigenvalue weighted by Crippen LogP contribution is -2.33. The minimum absolute atomic E-state index is 0.0841. The van der Waals surface area contributed by atoms with Crippen LogP contribution in [0.1, 0.15) is 53.4 Å². The van der Waals surface area contributed by atoms with Gasteiger partial charge in [0.25, 0.3) is 5.91 Å². The minimum Gasteiger partial charge on any atom is -0.342 e. The maximum Gasteiger partial charge on any atom is 0.251 e. The molecule has 0 fully saturated rings. The van der Waals surface area contributed by atoms with Crippen LogP contribution in [0.15, 0.2) is 59.8 Å². The van der Waals surface area contributed by atoms with Gasteiger partial charge in [-0.15, -0.1) is 10.2 Å². The maximum atomic E-state index is 13.1.